The van der Waals surface area contributed by atoms with Crippen molar-refractivity contribution in [2.45, 2.75) is 85.4 Å². The molecule has 22 heavy (non-hydrogen) atoms. The third-order valence-corrected chi connectivity index (χ3v) is 4.32. The van der Waals surface area contributed by atoms with Gasteiger partial charge in [-0.1, -0.05) is 6.92 Å². The van der Waals surface area contributed by atoms with Gasteiger partial charge in [0.1, 0.15) is 0 Å². The second kappa shape index (κ2) is 8.12. The predicted molar refractivity (Wildman–Crippen MR) is 94.3 cm³/mol. The number of piperidine rings is 1. The van der Waals surface area contributed by atoms with Gasteiger partial charge in [-0.3, -0.25) is 0 Å². The summed E-state index contributed by atoms with van der Waals surface area (Å²) in [7, 11) is 0. The first kappa shape index (κ1) is 19.9. The highest BCUT2D eigenvalue weighted by molar-refractivity contribution is 4.80. The van der Waals surface area contributed by atoms with Gasteiger partial charge < -0.3 is 14.8 Å². The molecule has 1 fully saturated rings. The summed E-state index contributed by atoms with van der Waals surface area (Å²) in [5.74, 6) is 0.866. The minimum Gasteiger partial charge on any atom is -0.375 e. The summed E-state index contributed by atoms with van der Waals surface area (Å²) in [5.41, 5.74) is -0.0685. The molecule has 0 saturated carbocycles. The average Bonchev–Trinajstić information content (AvgIpc) is 2.41. The van der Waals surface area contributed by atoms with Crippen LogP contribution in [0.15, 0.2) is 0 Å². The van der Waals surface area contributed by atoms with Gasteiger partial charge in [-0.2, -0.15) is 0 Å². The van der Waals surface area contributed by atoms with Crippen LogP contribution in [0.1, 0.15) is 74.1 Å². The molecule has 1 aliphatic heterocycles. The highest BCUT2D eigenvalue weighted by atomic mass is 16.5. The van der Waals surface area contributed by atoms with E-state index < -0.39 is 0 Å². The van der Waals surface area contributed by atoms with E-state index in [2.05, 4.69) is 53.8 Å². The van der Waals surface area contributed by atoms with E-state index >= 15 is 0 Å². The molecular formula is C19H39NO2. The maximum absolute atomic E-state index is 6.11. The summed E-state index contributed by atoms with van der Waals surface area (Å²) >= 11 is 0. The molecule has 0 aromatic heterocycles. The lowest BCUT2D eigenvalue weighted by atomic mass is 9.81. The monoisotopic (exact) mass is 313 g/mol. The predicted octanol–water partition coefficient (Wildman–Crippen LogP) is 4.40. The van der Waals surface area contributed by atoms with E-state index in [1.54, 1.807) is 0 Å². The maximum atomic E-state index is 6.11. The quantitative estimate of drug-likeness (QED) is 0.755. The largest absolute Gasteiger partial charge is 0.375 e. The topological polar surface area (TPSA) is 30.5 Å². The lowest BCUT2D eigenvalue weighted by Gasteiger charge is -2.36. The van der Waals surface area contributed by atoms with Gasteiger partial charge in [-0.25, -0.2) is 0 Å². The fourth-order valence-corrected chi connectivity index (χ4v) is 2.69. The Morgan fingerprint density at radius 3 is 1.68 bits per heavy atom. The van der Waals surface area contributed by atoms with Gasteiger partial charge in [0.2, 0.25) is 0 Å². The summed E-state index contributed by atoms with van der Waals surface area (Å²) < 4.78 is 12.2. The van der Waals surface area contributed by atoms with Gasteiger partial charge in [-0.15, -0.1) is 0 Å². The smallest absolute Gasteiger partial charge is 0.0598 e. The van der Waals surface area contributed by atoms with Crippen LogP contribution in [-0.2, 0) is 9.47 Å². The van der Waals surface area contributed by atoms with Crippen LogP contribution in [0.5, 0.6) is 0 Å². The van der Waals surface area contributed by atoms with Crippen LogP contribution >= 0.6 is 0 Å². The van der Waals surface area contributed by atoms with Gasteiger partial charge in [0, 0.05) is 5.41 Å². The van der Waals surface area contributed by atoms with Crippen molar-refractivity contribution in [2.75, 3.05) is 26.3 Å². The van der Waals surface area contributed by atoms with Crippen molar-refractivity contribution in [3.63, 3.8) is 0 Å². The molecule has 1 aliphatic rings. The zero-order valence-electron chi connectivity index (χ0n) is 16.1. The molecule has 132 valence electrons. The molecule has 3 heteroatoms. The van der Waals surface area contributed by atoms with E-state index in [1.807, 2.05) is 0 Å². The molecule has 0 aromatic carbocycles. The Morgan fingerprint density at radius 1 is 0.818 bits per heavy atom. The number of ether oxygens (including phenoxy) is 2. The van der Waals surface area contributed by atoms with Crippen molar-refractivity contribution in [1.29, 1.82) is 0 Å². The zero-order valence-corrected chi connectivity index (χ0v) is 16.1. The first-order chi connectivity index (χ1) is 9.99. The molecule has 0 unspecified atom stereocenters. The van der Waals surface area contributed by atoms with Crippen molar-refractivity contribution < 1.29 is 9.47 Å². The molecule has 3 nitrogen and oxygen atoms in total. The number of rotatable bonds is 7. The van der Waals surface area contributed by atoms with Crippen LogP contribution in [0.3, 0.4) is 0 Å². The van der Waals surface area contributed by atoms with Crippen LogP contribution < -0.4 is 5.32 Å². The lowest BCUT2D eigenvalue weighted by molar-refractivity contribution is -0.105. The highest BCUT2D eigenvalue weighted by Crippen LogP contribution is 2.32. The van der Waals surface area contributed by atoms with Crippen LogP contribution in [0.2, 0.25) is 0 Å². The Kier molecular flexibility index (Phi) is 7.35. The van der Waals surface area contributed by atoms with Gasteiger partial charge in [0.15, 0.2) is 0 Å². The van der Waals surface area contributed by atoms with Crippen LogP contribution in [0.25, 0.3) is 0 Å². The molecule has 0 atom stereocenters. The van der Waals surface area contributed by atoms with Gasteiger partial charge >= 0.3 is 0 Å². The van der Waals surface area contributed by atoms with Crippen molar-refractivity contribution in [3.05, 3.63) is 0 Å². The second-order valence-electron chi connectivity index (χ2n) is 9.34. The fourth-order valence-electron chi connectivity index (χ4n) is 2.69. The van der Waals surface area contributed by atoms with E-state index in [-0.39, 0.29) is 16.6 Å². The molecule has 0 amide bonds. The van der Waals surface area contributed by atoms with Crippen molar-refractivity contribution >= 4 is 0 Å². The average molecular weight is 314 g/mol. The van der Waals surface area contributed by atoms with E-state index in [1.165, 1.54) is 38.8 Å². The molecular weight excluding hydrogens is 274 g/mol. The third kappa shape index (κ3) is 9.12. The van der Waals surface area contributed by atoms with Gasteiger partial charge in [0.05, 0.1) is 24.4 Å². The number of nitrogens with one attached hydrogen (secondary N) is 1. The zero-order chi connectivity index (χ0) is 16.9. The minimum absolute atomic E-state index is 0.0856. The summed E-state index contributed by atoms with van der Waals surface area (Å²) in [6, 6.07) is 0. The Bertz CT molecular complexity index is 290. The van der Waals surface area contributed by atoms with E-state index in [0.29, 0.717) is 0 Å². The molecule has 0 spiro atoms. The van der Waals surface area contributed by atoms with Crippen LogP contribution in [0.4, 0.5) is 0 Å². The Balaban J connectivity index is 2.54. The van der Waals surface area contributed by atoms with Crippen molar-refractivity contribution in [3.8, 4) is 0 Å². The highest BCUT2D eigenvalue weighted by Gasteiger charge is 2.30. The van der Waals surface area contributed by atoms with Crippen molar-refractivity contribution in [2.24, 2.45) is 11.3 Å². The third-order valence-electron chi connectivity index (χ3n) is 4.32. The molecule has 0 aliphatic carbocycles. The molecule has 1 rings (SSSR count). The normalized spacial score (nSPS) is 18.7. The number of hydrogen-bond acceptors (Lipinski definition) is 3. The fraction of sp³-hybridized carbons (Fsp3) is 1.00. The molecule has 0 aromatic rings. The van der Waals surface area contributed by atoms with Crippen molar-refractivity contribution in [1.82, 2.24) is 5.32 Å². The van der Waals surface area contributed by atoms with Crippen LogP contribution in [-0.4, -0.2) is 37.5 Å². The first-order valence-corrected chi connectivity index (χ1v) is 8.98. The van der Waals surface area contributed by atoms with E-state index in [4.69, 9.17) is 9.47 Å². The first-order valence-electron chi connectivity index (χ1n) is 8.98. The Hall–Kier alpha value is -0.120. The lowest BCUT2D eigenvalue weighted by Crippen LogP contribution is -2.37. The molecule has 1 saturated heterocycles. The summed E-state index contributed by atoms with van der Waals surface area (Å²) in [6.45, 7) is 19.0. The SMILES string of the molecule is CC(CCC1CCNCC1)(COC(C)(C)C)COC(C)(C)C. The maximum Gasteiger partial charge on any atom is 0.0598 e. The summed E-state index contributed by atoms with van der Waals surface area (Å²) in [4.78, 5) is 0. The molecule has 0 bridgehead atoms. The van der Waals surface area contributed by atoms with E-state index in [0.717, 1.165) is 19.1 Å². The van der Waals surface area contributed by atoms with Gasteiger partial charge in [-0.05, 0) is 86.2 Å². The standard InChI is InChI=1S/C19H39NO2/c1-17(2,3)21-14-19(7,15-22-18(4,5)6)11-8-16-9-12-20-13-10-16/h16,20H,8-15H2,1-7H3. The minimum atomic E-state index is -0.0856. The summed E-state index contributed by atoms with van der Waals surface area (Å²) in [5, 5.41) is 3.45. The summed E-state index contributed by atoms with van der Waals surface area (Å²) in [6.07, 6.45) is 5.11. The number of hydrogen-bond donors (Lipinski definition) is 1. The molecule has 1 N–H and O–H groups in total. The molecule has 1 heterocycles. The second-order valence-corrected chi connectivity index (χ2v) is 9.34. The Morgan fingerprint density at radius 2 is 1.27 bits per heavy atom. The molecule has 0 radical (unpaired) electrons. The Labute approximate surface area is 138 Å². The van der Waals surface area contributed by atoms with Crippen LogP contribution in [0, 0.1) is 11.3 Å². The van der Waals surface area contributed by atoms with Gasteiger partial charge in [0.25, 0.3) is 0 Å². The van der Waals surface area contributed by atoms with E-state index in [9.17, 15) is 0 Å².